The number of urea groups is 1. The van der Waals surface area contributed by atoms with Crippen LogP contribution in [0.4, 0.5) is 10.5 Å². The van der Waals surface area contributed by atoms with Crippen LogP contribution in [0.1, 0.15) is 6.92 Å². The largest absolute Gasteiger partial charge is 0.383 e. The quantitative estimate of drug-likeness (QED) is 0.943. The average molecular weight is 317 g/mol. The number of amides is 2. The van der Waals surface area contributed by atoms with Crippen LogP contribution in [0.25, 0.3) is 10.9 Å². The van der Waals surface area contributed by atoms with Gasteiger partial charge in [-0.25, -0.2) is 4.79 Å². The summed E-state index contributed by atoms with van der Waals surface area (Å²) in [7, 11) is 1.70. The Balaban J connectivity index is 1.69. The van der Waals surface area contributed by atoms with Crippen molar-refractivity contribution in [2.24, 2.45) is 0 Å². The predicted molar refractivity (Wildman–Crippen MR) is 89.8 cm³/mol. The third kappa shape index (κ3) is 3.65. The number of hydrogen-bond acceptors (Lipinski definition) is 3. The van der Waals surface area contributed by atoms with Crippen molar-refractivity contribution in [1.82, 2.24) is 9.47 Å². The minimum Gasteiger partial charge on any atom is -0.383 e. The first-order valence-electron chi connectivity index (χ1n) is 7.93. The summed E-state index contributed by atoms with van der Waals surface area (Å²) in [5.74, 6) is 0. The second-order valence-electron chi connectivity index (χ2n) is 5.83. The molecule has 2 amide bonds. The van der Waals surface area contributed by atoms with Crippen LogP contribution in [0, 0.1) is 0 Å². The maximum atomic E-state index is 12.3. The summed E-state index contributed by atoms with van der Waals surface area (Å²) in [6, 6.07) is 7.95. The molecule has 6 heteroatoms. The molecule has 1 fully saturated rings. The van der Waals surface area contributed by atoms with Gasteiger partial charge in [-0.05, 0) is 31.2 Å². The molecule has 1 unspecified atom stereocenters. The molecule has 1 saturated heterocycles. The number of morpholine rings is 1. The van der Waals surface area contributed by atoms with Crippen LogP contribution in [0.3, 0.4) is 0 Å². The first kappa shape index (κ1) is 15.8. The molecule has 1 aliphatic rings. The summed E-state index contributed by atoms with van der Waals surface area (Å²) in [4.78, 5) is 14.1. The molecule has 0 radical (unpaired) electrons. The highest BCUT2D eigenvalue weighted by Crippen LogP contribution is 2.21. The average Bonchev–Trinajstić information content (AvgIpc) is 2.95. The number of methoxy groups -OCH3 is 1. The Hall–Kier alpha value is -2.05. The maximum Gasteiger partial charge on any atom is 0.322 e. The van der Waals surface area contributed by atoms with Gasteiger partial charge in [0, 0.05) is 49.5 Å². The number of hydrogen-bond donors (Lipinski definition) is 1. The molecule has 0 bridgehead atoms. The molecule has 1 atom stereocenters. The number of nitrogens with zero attached hydrogens (tertiary/aromatic N) is 2. The summed E-state index contributed by atoms with van der Waals surface area (Å²) < 4.78 is 12.7. The van der Waals surface area contributed by atoms with Gasteiger partial charge in [-0.2, -0.15) is 0 Å². The van der Waals surface area contributed by atoms with E-state index in [1.54, 1.807) is 12.0 Å². The van der Waals surface area contributed by atoms with E-state index in [0.29, 0.717) is 26.3 Å². The van der Waals surface area contributed by atoms with Crippen molar-refractivity contribution in [3.63, 3.8) is 0 Å². The summed E-state index contributed by atoms with van der Waals surface area (Å²) in [6.45, 7) is 5.33. The van der Waals surface area contributed by atoms with Crippen molar-refractivity contribution < 1.29 is 14.3 Å². The highest BCUT2D eigenvalue weighted by Gasteiger charge is 2.21. The van der Waals surface area contributed by atoms with Crippen LogP contribution in [0.5, 0.6) is 0 Å². The molecule has 23 heavy (non-hydrogen) atoms. The fraction of sp³-hybridized carbons (Fsp3) is 0.471. The Morgan fingerprint density at radius 1 is 1.43 bits per heavy atom. The summed E-state index contributed by atoms with van der Waals surface area (Å²) in [6.07, 6.45) is 2.13. The van der Waals surface area contributed by atoms with Gasteiger partial charge < -0.3 is 24.3 Å². The van der Waals surface area contributed by atoms with Gasteiger partial charge in [0.2, 0.25) is 0 Å². The molecule has 1 aromatic heterocycles. The molecule has 0 spiro atoms. The fourth-order valence-electron chi connectivity index (χ4n) is 2.87. The number of benzene rings is 1. The van der Waals surface area contributed by atoms with Gasteiger partial charge in [-0.15, -0.1) is 0 Å². The van der Waals surface area contributed by atoms with Crippen LogP contribution in [-0.2, 0) is 16.0 Å². The van der Waals surface area contributed by atoms with E-state index in [4.69, 9.17) is 9.47 Å². The Morgan fingerprint density at radius 3 is 3.09 bits per heavy atom. The highest BCUT2D eigenvalue weighted by molar-refractivity contribution is 5.93. The minimum atomic E-state index is -0.0710. The topological polar surface area (TPSA) is 55.7 Å². The van der Waals surface area contributed by atoms with Gasteiger partial charge in [-0.3, -0.25) is 0 Å². The zero-order valence-electron chi connectivity index (χ0n) is 13.6. The van der Waals surface area contributed by atoms with Crippen LogP contribution < -0.4 is 5.32 Å². The SMILES string of the molecule is COCCn1ccc2cc(NC(=O)N3CCOC(C)C3)ccc21. The Bertz CT molecular complexity index is 683. The van der Waals surface area contributed by atoms with Crippen molar-refractivity contribution in [3.8, 4) is 0 Å². The van der Waals surface area contributed by atoms with E-state index in [1.807, 2.05) is 31.3 Å². The third-order valence-corrected chi connectivity index (χ3v) is 4.09. The minimum absolute atomic E-state index is 0.0710. The van der Waals surface area contributed by atoms with Gasteiger partial charge >= 0.3 is 6.03 Å². The molecule has 1 aromatic carbocycles. The Labute approximate surface area is 136 Å². The number of ether oxygens (including phenoxy) is 2. The lowest BCUT2D eigenvalue weighted by Crippen LogP contribution is -2.46. The number of rotatable bonds is 4. The Kier molecular flexibility index (Phi) is 4.83. The van der Waals surface area contributed by atoms with E-state index < -0.39 is 0 Å². The summed E-state index contributed by atoms with van der Waals surface area (Å²) in [5.41, 5.74) is 1.95. The first-order chi connectivity index (χ1) is 11.2. The van der Waals surface area contributed by atoms with E-state index >= 15 is 0 Å². The normalized spacial score (nSPS) is 18.3. The van der Waals surface area contributed by atoms with Crippen LogP contribution in [0.2, 0.25) is 0 Å². The number of nitrogens with one attached hydrogen (secondary N) is 1. The van der Waals surface area contributed by atoms with Crippen LogP contribution >= 0.6 is 0 Å². The maximum absolute atomic E-state index is 12.3. The van der Waals surface area contributed by atoms with Gasteiger partial charge in [0.05, 0.1) is 19.3 Å². The second kappa shape index (κ2) is 7.02. The van der Waals surface area contributed by atoms with Crippen molar-refractivity contribution in [3.05, 3.63) is 30.5 Å². The second-order valence-corrected chi connectivity index (χ2v) is 5.83. The van der Waals surface area contributed by atoms with Gasteiger partial charge in [0.25, 0.3) is 0 Å². The lowest BCUT2D eigenvalue weighted by Gasteiger charge is -2.31. The third-order valence-electron chi connectivity index (χ3n) is 4.09. The molecule has 2 heterocycles. The molecule has 3 rings (SSSR count). The highest BCUT2D eigenvalue weighted by atomic mass is 16.5. The number of anilines is 1. The molecular formula is C17H23N3O3. The summed E-state index contributed by atoms with van der Waals surface area (Å²) >= 11 is 0. The van der Waals surface area contributed by atoms with Crippen molar-refractivity contribution in [2.75, 3.05) is 38.7 Å². The van der Waals surface area contributed by atoms with E-state index in [2.05, 4.69) is 16.0 Å². The van der Waals surface area contributed by atoms with Gasteiger partial charge in [-0.1, -0.05) is 0 Å². The van der Waals surface area contributed by atoms with Crippen LogP contribution in [0.15, 0.2) is 30.5 Å². The predicted octanol–water partition coefficient (Wildman–Crippen LogP) is 2.54. The molecule has 124 valence electrons. The molecule has 0 aliphatic carbocycles. The number of fused-ring (bicyclic) bond motifs is 1. The van der Waals surface area contributed by atoms with E-state index in [1.165, 1.54) is 0 Å². The standard InChI is InChI=1S/C17H23N3O3/c1-13-12-20(8-10-23-13)17(21)18-15-3-4-16-14(11-15)5-6-19(16)7-9-22-2/h3-6,11,13H,7-10,12H2,1-2H3,(H,18,21). The van der Waals surface area contributed by atoms with Crippen molar-refractivity contribution in [1.29, 1.82) is 0 Å². The molecule has 1 aliphatic heterocycles. The van der Waals surface area contributed by atoms with Crippen molar-refractivity contribution >= 4 is 22.6 Å². The molecular weight excluding hydrogens is 294 g/mol. The number of carbonyl (C=O) groups excluding carboxylic acids is 1. The fourth-order valence-corrected chi connectivity index (χ4v) is 2.87. The van der Waals surface area contributed by atoms with E-state index in [9.17, 15) is 4.79 Å². The zero-order valence-corrected chi connectivity index (χ0v) is 13.6. The monoisotopic (exact) mass is 317 g/mol. The van der Waals surface area contributed by atoms with E-state index in [0.717, 1.165) is 23.1 Å². The number of carbonyl (C=O) groups is 1. The molecule has 6 nitrogen and oxygen atoms in total. The van der Waals surface area contributed by atoms with Gasteiger partial charge in [0.1, 0.15) is 0 Å². The zero-order chi connectivity index (χ0) is 16.2. The lowest BCUT2D eigenvalue weighted by atomic mass is 10.2. The number of aromatic nitrogens is 1. The van der Waals surface area contributed by atoms with Crippen molar-refractivity contribution in [2.45, 2.75) is 19.6 Å². The molecule has 1 N–H and O–H groups in total. The molecule has 0 saturated carbocycles. The smallest absolute Gasteiger partial charge is 0.322 e. The summed E-state index contributed by atoms with van der Waals surface area (Å²) in [5, 5.41) is 4.08. The van der Waals surface area contributed by atoms with E-state index in [-0.39, 0.29) is 12.1 Å². The lowest BCUT2D eigenvalue weighted by molar-refractivity contribution is -0.00138. The van der Waals surface area contributed by atoms with Crippen LogP contribution in [-0.4, -0.2) is 55.0 Å². The molecule has 2 aromatic rings. The van der Waals surface area contributed by atoms with Gasteiger partial charge in [0.15, 0.2) is 0 Å². The Morgan fingerprint density at radius 2 is 2.30 bits per heavy atom. The first-order valence-corrected chi connectivity index (χ1v) is 7.93.